The molecular weight excluding hydrogens is 250 g/mol. The predicted octanol–water partition coefficient (Wildman–Crippen LogP) is 1.77. The molecule has 1 aliphatic heterocycles. The lowest BCUT2D eigenvalue weighted by Crippen LogP contribution is -2.39. The van der Waals surface area contributed by atoms with E-state index in [4.69, 9.17) is 0 Å². The van der Waals surface area contributed by atoms with Crippen LogP contribution in [0.2, 0.25) is 0 Å². The van der Waals surface area contributed by atoms with E-state index in [0.717, 1.165) is 13.1 Å². The number of aryl methyl sites for hydroxylation is 1. The molecule has 0 radical (unpaired) electrons. The van der Waals surface area contributed by atoms with Gasteiger partial charge in [-0.15, -0.1) is 0 Å². The highest BCUT2D eigenvalue weighted by atomic mass is 16.2. The van der Waals surface area contributed by atoms with Gasteiger partial charge in [0.2, 0.25) is 5.91 Å². The van der Waals surface area contributed by atoms with E-state index in [2.05, 4.69) is 56.2 Å². The molecule has 20 heavy (non-hydrogen) atoms. The number of nitrogens with one attached hydrogen (secondary N) is 1. The van der Waals surface area contributed by atoms with Crippen molar-refractivity contribution in [1.82, 2.24) is 15.1 Å². The molecule has 0 saturated carbocycles. The number of benzene rings is 1. The summed E-state index contributed by atoms with van der Waals surface area (Å²) in [5, 5.41) is 3.31. The molecule has 1 heterocycles. The van der Waals surface area contributed by atoms with Gasteiger partial charge in [0.25, 0.3) is 0 Å². The number of rotatable bonds is 5. The first-order valence-corrected chi connectivity index (χ1v) is 7.28. The van der Waals surface area contributed by atoms with Crippen molar-refractivity contribution in [3.8, 4) is 0 Å². The summed E-state index contributed by atoms with van der Waals surface area (Å²) >= 11 is 0. The third-order valence-electron chi connectivity index (χ3n) is 4.01. The highest BCUT2D eigenvalue weighted by Gasteiger charge is 2.31. The van der Waals surface area contributed by atoms with E-state index in [0.29, 0.717) is 12.6 Å². The van der Waals surface area contributed by atoms with Crippen LogP contribution in [0.15, 0.2) is 24.3 Å². The lowest BCUT2D eigenvalue weighted by molar-refractivity contribution is -0.128. The zero-order valence-electron chi connectivity index (χ0n) is 12.9. The maximum Gasteiger partial charge on any atom is 0.238 e. The van der Waals surface area contributed by atoms with Crippen LogP contribution in [0.5, 0.6) is 0 Å². The molecule has 0 aliphatic carbocycles. The smallest absolute Gasteiger partial charge is 0.238 e. The van der Waals surface area contributed by atoms with Crippen LogP contribution in [0.3, 0.4) is 0 Å². The second kappa shape index (κ2) is 6.37. The Labute approximate surface area is 121 Å². The van der Waals surface area contributed by atoms with Crippen LogP contribution in [0.4, 0.5) is 0 Å². The number of amides is 1. The topological polar surface area (TPSA) is 35.6 Å². The molecule has 1 unspecified atom stereocenters. The Hall–Kier alpha value is -1.39. The van der Waals surface area contributed by atoms with Crippen molar-refractivity contribution in [2.24, 2.45) is 0 Å². The summed E-state index contributed by atoms with van der Waals surface area (Å²) in [6, 6.07) is 8.86. The number of nitrogens with zero attached hydrogens (tertiary/aromatic N) is 2. The standard InChI is InChI=1S/C16H25N3O/c1-12(2)18(4)8-9-19-15(20)11-17-16(19)14-7-5-6-13(3)10-14/h5-7,10,12,16-17H,8-9,11H2,1-4H3. The quantitative estimate of drug-likeness (QED) is 0.889. The van der Waals surface area contributed by atoms with E-state index < -0.39 is 0 Å². The molecule has 1 saturated heterocycles. The molecule has 0 bridgehead atoms. The summed E-state index contributed by atoms with van der Waals surface area (Å²) < 4.78 is 0. The Morgan fingerprint density at radius 3 is 2.85 bits per heavy atom. The van der Waals surface area contributed by atoms with E-state index in [9.17, 15) is 4.79 Å². The monoisotopic (exact) mass is 275 g/mol. The zero-order valence-corrected chi connectivity index (χ0v) is 12.9. The predicted molar refractivity (Wildman–Crippen MR) is 81.4 cm³/mol. The molecule has 110 valence electrons. The molecule has 1 amide bonds. The van der Waals surface area contributed by atoms with Crippen molar-refractivity contribution in [2.75, 3.05) is 26.7 Å². The number of carbonyl (C=O) groups is 1. The third-order valence-corrected chi connectivity index (χ3v) is 4.01. The number of hydrogen-bond donors (Lipinski definition) is 1. The fourth-order valence-electron chi connectivity index (χ4n) is 2.46. The van der Waals surface area contributed by atoms with Gasteiger partial charge >= 0.3 is 0 Å². The van der Waals surface area contributed by atoms with Gasteiger partial charge in [0.1, 0.15) is 6.17 Å². The highest BCUT2D eigenvalue weighted by Crippen LogP contribution is 2.22. The van der Waals surface area contributed by atoms with Crippen LogP contribution in [-0.4, -0.2) is 48.4 Å². The molecule has 0 aromatic heterocycles. The number of hydrogen-bond acceptors (Lipinski definition) is 3. The average molecular weight is 275 g/mol. The summed E-state index contributed by atoms with van der Waals surface area (Å²) in [6.45, 7) is 8.51. The summed E-state index contributed by atoms with van der Waals surface area (Å²) in [6.07, 6.45) is 0.0166. The number of likely N-dealkylation sites (N-methyl/N-ethyl adjacent to an activating group) is 1. The molecule has 1 fully saturated rings. The molecule has 1 aromatic rings. The lowest BCUT2D eigenvalue weighted by Gasteiger charge is -2.28. The van der Waals surface area contributed by atoms with Gasteiger partial charge in [-0.1, -0.05) is 29.8 Å². The van der Waals surface area contributed by atoms with Gasteiger partial charge in [-0.25, -0.2) is 0 Å². The summed E-state index contributed by atoms with van der Waals surface area (Å²) in [7, 11) is 2.10. The summed E-state index contributed by atoms with van der Waals surface area (Å²) in [5.74, 6) is 0.189. The van der Waals surface area contributed by atoms with Gasteiger partial charge in [0.05, 0.1) is 6.54 Å². The Balaban J connectivity index is 2.07. The van der Waals surface area contributed by atoms with E-state index >= 15 is 0 Å². The first-order valence-electron chi connectivity index (χ1n) is 7.28. The van der Waals surface area contributed by atoms with Crippen LogP contribution in [0, 0.1) is 6.92 Å². The molecule has 4 heteroatoms. The maximum atomic E-state index is 12.1. The first kappa shape index (κ1) is 15.0. The Bertz CT molecular complexity index is 473. The Morgan fingerprint density at radius 1 is 1.45 bits per heavy atom. The van der Waals surface area contributed by atoms with Gasteiger partial charge in [0.15, 0.2) is 0 Å². The van der Waals surface area contributed by atoms with Crippen LogP contribution >= 0.6 is 0 Å². The van der Waals surface area contributed by atoms with E-state index in [-0.39, 0.29) is 12.1 Å². The van der Waals surface area contributed by atoms with Gasteiger partial charge in [0, 0.05) is 19.1 Å². The third kappa shape index (κ3) is 3.38. The van der Waals surface area contributed by atoms with Crippen molar-refractivity contribution in [3.05, 3.63) is 35.4 Å². The van der Waals surface area contributed by atoms with E-state index in [1.54, 1.807) is 0 Å². The van der Waals surface area contributed by atoms with Crippen molar-refractivity contribution in [2.45, 2.75) is 33.0 Å². The molecule has 1 aliphatic rings. The van der Waals surface area contributed by atoms with E-state index in [1.807, 2.05) is 11.0 Å². The van der Waals surface area contributed by atoms with Crippen LogP contribution < -0.4 is 5.32 Å². The maximum absolute atomic E-state index is 12.1. The minimum atomic E-state index is 0.0166. The molecule has 2 rings (SSSR count). The van der Waals surface area contributed by atoms with Crippen molar-refractivity contribution in [1.29, 1.82) is 0 Å². The first-order chi connectivity index (χ1) is 9.49. The zero-order chi connectivity index (χ0) is 14.7. The Kier molecular flexibility index (Phi) is 4.78. The highest BCUT2D eigenvalue weighted by molar-refractivity contribution is 5.81. The van der Waals surface area contributed by atoms with E-state index in [1.165, 1.54) is 11.1 Å². The van der Waals surface area contributed by atoms with Gasteiger partial charge < -0.3 is 9.80 Å². The molecule has 1 N–H and O–H groups in total. The normalized spacial score (nSPS) is 19.4. The largest absolute Gasteiger partial charge is 0.321 e. The minimum Gasteiger partial charge on any atom is -0.321 e. The second-order valence-corrected chi connectivity index (χ2v) is 5.86. The van der Waals surface area contributed by atoms with Crippen molar-refractivity contribution in [3.63, 3.8) is 0 Å². The van der Waals surface area contributed by atoms with Crippen LogP contribution in [0.1, 0.15) is 31.1 Å². The van der Waals surface area contributed by atoms with Crippen LogP contribution in [-0.2, 0) is 4.79 Å². The fraction of sp³-hybridized carbons (Fsp3) is 0.562. The summed E-state index contributed by atoms with van der Waals surface area (Å²) in [4.78, 5) is 16.3. The molecule has 1 atom stereocenters. The molecular formula is C16H25N3O. The molecule has 0 spiro atoms. The lowest BCUT2D eigenvalue weighted by atomic mass is 10.1. The van der Waals surface area contributed by atoms with Gasteiger partial charge in [-0.3, -0.25) is 10.1 Å². The fourth-order valence-corrected chi connectivity index (χ4v) is 2.46. The molecule has 1 aromatic carbocycles. The average Bonchev–Trinajstić information content (AvgIpc) is 2.77. The van der Waals surface area contributed by atoms with Gasteiger partial charge in [-0.05, 0) is 33.4 Å². The Morgan fingerprint density at radius 2 is 2.20 bits per heavy atom. The SMILES string of the molecule is Cc1cccc(C2NCC(=O)N2CCN(C)C(C)C)c1. The van der Waals surface area contributed by atoms with Crippen molar-refractivity contribution >= 4 is 5.91 Å². The minimum absolute atomic E-state index is 0.0166. The van der Waals surface area contributed by atoms with Gasteiger partial charge in [-0.2, -0.15) is 0 Å². The number of carbonyl (C=O) groups excluding carboxylic acids is 1. The van der Waals surface area contributed by atoms with Crippen LogP contribution in [0.25, 0.3) is 0 Å². The summed E-state index contributed by atoms with van der Waals surface area (Å²) in [5.41, 5.74) is 2.39. The van der Waals surface area contributed by atoms with Crippen molar-refractivity contribution < 1.29 is 4.79 Å². The molecule has 4 nitrogen and oxygen atoms in total. The second-order valence-electron chi connectivity index (χ2n) is 5.86.